The molecule has 0 radical (unpaired) electrons. The number of anilines is 1. The van der Waals surface area contributed by atoms with Gasteiger partial charge in [0.25, 0.3) is 0 Å². The highest BCUT2D eigenvalue weighted by Gasteiger charge is 2.15. The van der Waals surface area contributed by atoms with Gasteiger partial charge < -0.3 is 25.4 Å². The molecule has 2 amide bonds. The first-order valence-electron chi connectivity index (χ1n) is 12.2. The van der Waals surface area contributed by atoms with Crippen molar-refractivity contribution in [1.29, 1.82) is 0 Å². The Kier molecular flexibility index (Phi) is 8.26. The molecule has 1 saturated heterocycles. The number of nitrogens with two attached hydrogens (primary N) is 1. The molecule has 3 aromatic carbocycles. The van der Waals surface area contributed by atoms with Crippen molar-refractivity contribution in [3.05, 3.63) is 66.2 Å². The van der Waals surface area contributed by atoms with E-state index in [9.17, 15) is 4.79 Å². The standard InChI is InChI=1S/C17H25NO2.C11H10N2O/c1-14(6-9-18-7-2-3-8-18)12-15-4-5-16-17(13-15)20-11-10-19-16;12-11(14)13-10-7-3-5-8-4-1-2-6-9(8)10/h4-5,13-14H,2-3,6-12H2,1H3;1-7H,(H3,12,13,14). The first-order valence-corrected chi connectivity index (χ1v) is 12.2. The quantitative estimate of drug-likeness (QED) is 0.512. The molecule has 180 valence electrons. The molecule has 2 heterocycles. The number of benzene rings is 3. The van der Waals surface area contributed by atoms with Crippen molar-refractivity contribution in [2.24, 2.45) is 11.7 Å². The van der Waals surface area contributed by atoms with Gasteiger partial charge in [0.15, 0.2) is 11.5 Å². The molecule has 6 heteroatoms. The van der Waals surface area contributed by atoms with E-state index < -0.39 is 6.03 Å². The number of ether oxygens (including phenoxy) is 2. The van der Waals surface area contributed by atoms with E-state index in [2.05, 4.69) is 35.3 Å². The van der Waals surface area contributed by atoms with Crippen LogP contribution in [0.2, 0.25) is 0 Å². The Bertz CT molecular complexity index is 1090. The number of fused-ring (bicyclic) bond motifs is 2. The van der Waals surface area contributed by atoms with Gasteiger partial charge in [-0.25, -0.2) is 4.79 Å². The van der Waals surface area contributed by atoms with E-state index in [0.717, 1.165) is 40.3 Å². The van der Waals surface area contributed by atoms with Crippen molar-refractivity contribution >= 4 is 22.5 Å². The van der Waals surface area contributed by atoms with Gasteiger partial charge in [-0.1, -0.05) is 49.4 Å². The summed E-state index contributed by atoms with van der Waals surface area (Å²) in [6.45, 7) is 7.55. The van der Waals surface area contributed by atoms with Gasteiger partial charge in [0.2, 0.25) is 0 Å². The maximum absolute atomic E-state index is 10.7. The van der Waals surface area contributed by atoms with Crippen LogP contribution in [0, 0.1) is 5.92 Å². The zero-order chi connectivity index (χ0) is 23.8. The third-order valence-electron chi connectivity index (χ3n) is 6.38. The zero-order valence-corrected chi connectivity index (χ0v) is 20.0. The average molecular weight is 462 g/mol. The van der Waals surface area contributed by atoms with Gasteiger partial charge in [-0.15, -0.1) is 0 Å². The summed E-state index contributed by atoms with van der Waals surface area (Å²) in [4.78, 5) is 13.3. The van der Waals surface area contributed by atoms with E-state index >= 15 is 0 Å². The lowest BCUT2D eigenvalue weighted by atomic mass is 9.97. The van der Waals surface area contributed by atoms with Gasteiger partial charge in [0, 0.05) is 5.39 Å². The molecular formula is C28H35N3O3. The van der Waals surface area contributed by atoms with E-state index in [0.29, 0.717) is 13.2 Å². The molecule has 2 aliphatic heterocycles. The number of likely N-dealkylation sites (tertiary alicyclic amines) is 1. The van der Waals surface area contributed by atoms with Crippen molar-refractivity contribution in [3.8, 4) is 11.5 Å². The lowest BCUT2D eigenvalue weighted by Crippen LogP contribution is -2.22. The monoisotopic (exact) mass is 461 g/mol. The van der Waals surface area contributed by atoms with Gasteiger partial charge in [-0.2, -0.15) is 0 Å². The van der Waals surface area contributed by atoms with Crippen LogP contribution >= 0.6 is 0 Å². The SMILES string of the molecule is CC(CCN1CCCC1)Cc1ccc2c(c1)OCCO2.NC(=O)Nc1cccc2ccccc12. The number of rotatable bonds is 6. The van der Waals surface area contributed by atoms with Gasteiger partial charge in [-0.05, 0) is 80.4 Å². The summed E-state index contributed by atoms with van der Waals surface area (Å²) in [7, 11) is 0. The van der Waals surface area contributed by atoms with Gasteiger partial charge in [-0.3, -0.25) is 0 Å². The fourth-order valence-corrected chi connectivity index (χ4v) is 4.60. The summed E-state index contributed by atoms with van der Waals surface area (Å²) in [6, 6.07) is 19.4. The number of primary amides is 1. The van der Waals surface area contributed by atoms with Crippen LogP contribution < -0.4 is 20.5 Å². The summed E-state index contributed by atoms with van der Waals surface area (Å²) in [5.41, 5.74) is 7.18. The largest absolute Gasteiger partial charge is 0.486 e. The Labute approximate surface area is 202 Å². The highest BCUT2D eigenvalue weighted by molar-refractivity contribution is 6.01. The summed E-state index contributed by atoms with van der Waals surface area (Å²) < 4.78 is 11.2. The van der Waals surface area contributed by atoms with Crippen LogP contribution in [0.1, 0.15) is 31.7 Å². The maximum atomic E-state index is 10.7. The van der Waals surface area contributed by atoms with Crippen molar-refractivity contribution in [1.82, 2.24) is 4.90 Å². The summed E-state index contributed by atoms with van der Waals surface area (Å²) in [5.74, 6) is 2.53. The molecule has 34 heavy (non-hydrogen) atoms. The van der Waals surface area contributed by atoms with E-state index in [-0.39, 0.29) is 0 Å². The van der Waals surface area contributed by atoms with Crippen LogP contribution in [0.3, 0.4) is 0 Å². The van der Waals surface area contributed by atoms with Crippen molar-refractivity contribution in [2.45, 2.75) is 32.6 Å². The van der Waals surface area contributed by atoms with Crippen molar-refractivity contribution < 1.29 is 14.3 Å². The fourth-order valence-electron chi connectivity index (χ4n) is 4.60. The molecule has 3 aromatic rings. The first kappa shape index (κ1) is 23.9. The summed E-state index contributed by atoms with van der Waals surface area (Å²) >= 11 is 0. The molecule has 0 aliphatic carbocycles. The van der Waals surface area contributed by atoms with E-state index in [1.54, 1.807) is 0 Å². The van der Waals surface area contributed by atoms with Gasteiger partial charge >= 0.3 is 6.03 Å². The third-order valence-corrected chi connectivity index (χ3v) is 6.38. The fraction of sp³-hybridized carbons (Fsp3) is 0.393. The van der Waals surface area contributed by atoms with E-state index in [1.807, 2.05) is 42.5 Å². The zero-order valence-electron chi connectivity index (χ0n) is 20.0. The molecule has 6 nitrogen and oxygen atoms in total. The third kappa shape index (κ3) is 6.64. The Morgan fingerprint density at radius 3 is 2.53 bits per heavy atom. The number of hydrogen-bond donors (Lipinski definition) is 2. The molecule has 0 saturated carbocycles. The van der Waals surface area contributed by atoms with Gasteiger partial charge in [0.1, 0.15) is 13.2 Å². The molecule has 5 rings (SSSR count). The number of amides is 2. The van der Waals surface area contributed by atoms with Crippen molar-refractivity contribution in [3.63, 3.8) is 0 Å². The highest BCUT2D eigenvalue weighted by Crippen LogP contribution is 2.31. The second kappa shape index (κ2) is 11.7. The van der Waals surface area contributed by atoms with Crippen LogP contribution in [0.4, 0.5) is 10.5 Å². The van der Waals surface area contributed by atoms with Crippen LogP contribution in [-0.4, -0.2) is 43.8 Å². The number of nitrogens with zero attached hydrogens (tertiary/aromatic N) is 1. The Hall–Kier alpha value is -3.25. The molecule has 0 spiro atoms. The minimum absolute atomic E-state index is 0.540. The van der Waals surface area contributed by atoms with E-state index in [4.69, 9.17) is 15.2 Å². The predicted molar refractivity (Wildman–Crippen MR) is 138 cm³/mol. The van der Waals surface area contributed by atoms with Crippen molar-refractivity contribution in [2.75, 3.05) is 38.2 Å². The molecule has 1 atom stereocenters. The molecule has 0 aromatic heterocycles. The van der Waals surface area contributed by atoms with Crippen LogP contribution in [0.5, 0.6) is 11.5 Å². The maximum Gasteiger partial charge on any atom is 0.316 e. The minimum atomic E-state index is -0.540. The second-order valence-electron chi connectivity index (χ2n) is 9.14. The average Bonchev–Trinajstić information content (AvgIpc) is 3.37. The number of nitrogens with one attached hydrogen (secondary N) is 1. The van der Waals surface area contributed by atoms with E-state index in [1.165, 1.54) is 44.5 Å². The molecule has 0 bridgehead atoms. The molecule has 3 N–H and O–H groups in total. The lowest BCUT2D eigenvalue weighted by Gasteiger charge is -2.20. The minimum Gasteiger partial charge on any atom is -0.486 e. The van der Waals surface area contributed by atoms with Crippen LogP contribution in [0.25, 0.3) is 10.8 Å². The topological polar surface area (TPSA) is 76.8 Å². The predicted octanol–water partition coefficient (Wildman–Crippen LogP) is 5.45. The number of carbonyl (C=O) groups is 1. The second-order valence-corrected chi connectivity index (χ2v) is 9.14. The highest BCUT2D eigenvalue weighted by atomic mass is 16.6. The van der Waals surface area contributed by atoms with Gasteiger partial charge in [0.05, 0.1) is 5.69 Å². The molecule has 1 unspecified atom stereocenters. The lowest BCUT2D eigenvalue weighted by molar-refractivity contribution is 0.171. The number of hydrogen-bond acceptors (Lipinski definition) is 4. The molecule has 2 aliphatic rings. The Balaban J connectivity index is 0.000000172. The first-order chi connectivity index (χ1) is 16.6. The van der Waals surface area contributed by atoms with Crippen LogP contribution in [-0.2, 0) is 6.42 Å². The summed E-state index contributed by atoms with van der Waals surface area (Å²) in [5, 5.41) is 4.66. The Morgan fingerprint density at radius 2 is 1.74 bits per heavy atom. The number of urea groups is 1. The molecule has 1 fully saturated rings. The smallest absolute Gasteiger partial charge is 0.316 e. The van der Waals surface area contributed by atoms with Crippen LogP contribution in [0.15, 0.2) is 60.7 Å². The summed E-state index contributed by atoms with van der Waals surface area (Å²) in [6.07, 6.45) is 5.19. The number of carbonyl (C=O) groups excluding carboxylic acids is 1. The normalized spacial score (nSPS) is 15.9. The Morgan fingerprint density at radius 1 is 1.00 bits per heavy atom. The molecular weight excluding hydrogens is 426 g/mol.